The smallest absolute Gasteiger partial charge is 0.261 e. The van der Waals surface area contributed by atoms with Gasteiger partial charge in [-0.2, -0.15) is 8.42 Å². The maximum atomic E-state index is 10.5. The number of carbonyl (C=O) groups excluding carboxylic acids is 1. The van der Waals surface area contributed by atoms with Gasteiger partial charge in [-0.15, -0.1) is 0 Å². The van der Waals surface area contributed by atoms with Crippen molar-refractivity contribution in [3.63, 3.8) is 0 Å². The van der Waals surface area contributed by atoms with Gasteiger partial charge in [-0.05, 0) is 48.7 Å². The lowest BCUT2D eigenvalue weighted by Crippen LogP contribution is -2.32. The highest BCUT2D eigenvalue weighted by molar-refractivity contribution is 7.85. The SMILES string of the molecule is COc1ccc(C[C@@H](C)NC[C@H](O)c2ccc(O)c(NC=O)c2)cc1.CS(=O)(=O)O. The molecule has 2 aromatic carbocycles. The molecule has 1 amide bonds. The van der Waals surface area contributed by atoms with E-state index in [0.29, 0.717) is 24.8 Å². The van der Waals surface area contributed by atoms with Crippen LogP contribution in [0.2, 0.25) is 0 Å². The number of benzene rings is 2. The van der Waals surface area contributed by atoms with E-state index in [1.54, 1.807) is 19.2 Å². The number of methoxy groups -OCH3 is 1. The van der Waals surface area contributed by atoms with Gasteiger partial charge < -0.3 is 25.6 Å². The number of ether oxygens (including phenoxy) is 1. The minimum absolute atomic E-state index is 0.0381. The zero-order valence-electron chi connectivity index (χ0n) is 17.1. The van der Waals surface area contributed by atoms with Crippen LogP contribution in [0, 0.1) is 0 Å². The van der Waals surface area contributed by atoms with Crippen LogP contribution >= 0.6 is 0 Å². The monoisotopic (exact) mass is 440 g/mol. The lowest BCUT2D eigenvalue weighted by Gasteiger charge is -2.18. The summed E-state index contributed by atoms with van der Waals surface area (Å²) in [6.07, 6.45) is 1.28. The van der Waals surface area contributed by atoms with Gasteiger partial charge in [0, 0.05) is 12.6 Å². The molecule has 0 unspecified atom stereocenters. The van der Waals surface area contributed by atoms with E-state index in [0.717, 1.165) is 12.2 Å². The molecular formula is C20H28N2O7S. The van der Waals surface area contributed by atoms with Crippen LogP contribution < -0.4 is 15.4 Å². The highest BCUT2D eigenvalue weighted by Gasteiger charge is 2.12. The van der Waals surface area contributed by atoms with Crippen LogP contribution in [0.1, 0.15) is 24.2 Å². The van der Waals surface area contributed by atoms with E-state index in [9.17, 15) is 23.4 Å². The minimum atomic E-state index is -3.67. The lowest BCUT2D eigenvalue weighted by molar-refractivity contribution is -0.105. The van der Waals surface area contributed by atoms with Crippen molar-refractivity contribution < 1.29 is 32.7 Å². The van der Waals surface area contributed by atoms with Crippen molar-refractivity contribution in [2.75, 3.05) is 25.2 Å². The number of amides is 1. The van der Waals surface area contributed by atoms with Gasteiger partial charge >= 0.3 is 0 Å². The van der Waals surface area contributed by atoms with E-state index in [4.69, 9.17) is 9.29 Å². The van der Waals surface area contributed by atoms with Gasteiger partial charge in [0.2, 0.25) is 6.41 Å². The average Bonchev–Trinajstić information content (AvgIpc) is 2.67. The summed E-state index contributed by atoms with van der Waals surface area (Å²) in [5.41, 5.74) is 2.07. The van der Waals surface area contributed by atoms with Crippen molar-refractivity contribution in [1.29, 1.82) is 0 Å². The Bertz CT molecular complexity index is 894. The van der Waals surface area contributed by atoms with Crippen LogP contribution in [0.5, 0.6) is 11.5 Å². The Balaban J connectivity index is 0.000000804. The zero-order valence-corrected chi connectivity index (χ0v) is 17.9. The highest BCUT2D eigenvalue weighted by Crippen LogP contribution is 2.26. The van der Waals surface area contributed by atoms with Crippen molar-refractivity contribution in [1.82, 2.24) is 5.32 Å². The fourth-order valence-electron chi connectivity index (χ4n) is 2.56. The summed E-state index contributed by atoms with van der Waals surface area (Å²) in [5, 5.41) is 25.6. The summed E-state index contributed by atoms with van der Waals surface area (Å²) in [7, 11) is -2.03. The summed E-state index contributed by atoms with van der Waals surface area (Å²) in [6.45, 7) is 2.41. The number of phenolic OH excluding ortho intramolecular Hbond substituents is 1. The minimum Gasteiger partial charge on any atom is -0.506 e. The van der Waals surface area contributed by atoms with Gasteiger partial charge in [0.15, 0.2) is 0 Å². The van der Waals surface area contributed by atoms with E-state index in [1.807, 2.05) is 31.2 Å². The Morgan fingerprint density at radius 1 is 1.17 bits per heavy atom. The van der Waals surface area contributed by atoms with Crippen molar-refractivity contribution >= 4 is 22.2 Å². The molecule has 5 N–H and O–H groups in total. The number of aliphatic hydroxyl groups is 1. The molecule has 0 aliphatic carbocycles. The number of phenols is 1. The van der Waals surface area contributed by atoms with Gasteiger partial charge in [-0.3, -0.25) is 9.35 Å². The Morgan fingerprint density at radius 3 is 2.30 bits per heavy atom. The number of aromatic hydroxyl groups is 1. The lowest BCUT2D eigenvalue weighted by atomic mass is 10.1. The normalized spacial score (nSPS) is 12.8. The Hall–Kier alpha value is -2.66. The molecule has 0 aliphatic heterocycles. The van der Waals surface area contributed by atoms with Crippen LogP contribution in [0.15, 0.2) is 42.5 Å². The topological polar surface area (TPSA) is 145 Å². The number of nitrogens with one attached hydrogen (secondary N) is 2. The molecule has 2 aromatic rings. The predicted molar refractivity (Wildman–Crippen MR) is 114 cm³/mol. The third-order valence-corrected chi connectivity index (χ3v) is 3.98. The van der Waals surface area contributed by atoms with Gasteiger partial charge in [-0.1, -0.05) is 18.2 Å². The van der Waals surface area contributed by atoms with E-state index in [-0.39, 0.29) is 17.5 Å². The largest absolute Gasteiger partial charge is 0.506 e. The van der Waals surface area contributed by atoms with E-state index >= 15 is 0 Å². The standard InChI is InChI=1S/C19H24N2O4.CH4O3S/c1-13(9-14-3-6-16(25-2)7-4-14)20-11-19(24)15-5-8-18(23)17(10-15)21-12-22;1-5(2,3)4/h3-8,10,12-13,19-20,23-24H,9,11H2,1-2H3,(H,21,22);1H3,(H,2,3,4)/t13-,19+;/m1./s1. The summed E-state index contributed by atoms with van der Waals surface area (Å²) < 4.78 is 31.0. The third kappa shape index (κ3) is 10.2. The van der Waals surface area contributed by atoms with Gasteiger partial charge in [-0.25, -0.2) is 0 Å². The molecule has 0 bridgehead atoms. The average molecular weight is 441 g/mol. The summed E-state index contributed by atoms with van der Waals surface area (Å²) in [6, 6.07) is 12.7. The highest BCUT2D eigenvalue weighted by atomic mass is 32.2. The first-order valence-electron chi connectivity index (χ1n) is 9.03. The first kappa shape index (κ1) is 25.4. The molecule has 2 rings (SSSR count). The molecule has 0 aromatic heterocycles. The molecule has 0 saturated carbocycles. The van der Waals surface area contributed by atoms with E-state index < -0.39 is 16.2 Å². The first-order chi connectivity index (χ1) is 14.0. The summed E-state index contributed by atoms with van der Waals surface area (Å²) in [5.74, 6) is 0.788. The molecule has 0 radical (unpaired) electrons. The molecular weight excluding hydrogens is 412 g/mol. The van der Waals surface area contributed by atoms with Crippen LogP contribution in [-0.4, -0.2) is 55.5 Å². The number of hydrogen-bond acceptors (Lipinski definition) is 7. The fourth-order valence-corrected chi connectivity index (χ4v) is 2.56. The number of anilines is 1. The van der Waals surface area contributed by atoms with E-state index in [1.165, 1.54) is 11.6 Å². The Labute approximate surface area is 176 Å². The first-order valence-corrected chi connectivity index (χ1v) is 10.9. The second-order valence-electron chi connectivity index (χ2n) is 6.65. The van der Waals surface area contributed by atoms with Gasteiger partial charge in [0.25, 0.3) is 10.1 Å². The maximum absolute atomic E-state index is 10.5. The number of hydrogen-bond donors (Lipinski definition) is 5. The van der Waals surface area contributed by atoms with Gasteiger partial charge in [0.1, 0.15) is 11.5 Å². The molecule has 10 heteroatoms. The predicted octanol–water partition coefficient (Wildman–Crippen LogP) is 1.73. The second-order valence-corrected chi connectivity index (χ2v) is 8.12. The number of aliphatic hydroxyl groups excluding tert-OH is 1. The summed E-state index contributed by atoms with van der Waals surface area (Å²) in [4.78, 5) is 10.5. The van der Waals surface area contributed by atoms with Crippen LogP contribution in [0.4, 0.5) is 5.69 Å². The van der Waals surface area contributed by atoms with Crippen molar-refractivity contribution in [2.45, 2.75) is 25.5 Å². The van der Waals surface area contributed by atoms with Crippen molar-refractivity contribution in [2.24, 2.45) is 0 Å². The number of carbonyl (C=O) groups is 1. The number of rotatable bonds is 9. The molecule has 0 saturated heterocycles. The maximum Gasteiger partial charge on any atom is 0.261 e. The third-order valence-electron chi connectivity index (χ3n) is 3.98. The zero-order chi connectivity index (χ0) is 22.7. The molecule has 0 fully saturated rings. The Morgan fingerprint density at radius 2 is 1.77 bits per heavy atom. The van der Waals surface area contributed by atoms with Crippen LogP contribution in [-0.2, 0) is 21.3 Å². The van der Waals surface area contributed by atoms with Crippen molar-refractivity contribution in [3.8, 4) is 11.5 Å². The van der Waals surface area contributed by atoms with Crippen molar-refractivity contribution in [3.05, 3.63) is 53.6 Å². The molecule has 0 heterocycles. The molecule has 166 valence electrons. The molecule has 2 atom stereocenters. The summed E-state index contributed by atoms with van der Waals surface area (Å²) >= 11 is 0. The molecule has 0 aliphatic rings. The fraction of sp³-hybridized carbons (Fsp3) is 0.350. The quantitative estimate of drug-likeness (QED) is 0.225. The van der Waals surface area contributed by atoms with Crippen LogP contribution in [0.3, 0.4) is 0 Å². The molecule has 0 spiro atoms. The van der Waals surface area contributed by atoms with Gasteiger partial charge in [0.05, 0.1) is 25.2 Å². The molecule has 9 nitrogen and oxygen atoms in total. The Kier molecular flexibility index (Phi) is 10.3. The second kappa shape index (κ2) is 12.1. The molecule has 30 heavy (non-hydrogen) atoms. The van der Waals surface area contributed by atoms with Crippen LogP contribution in [0.25, 0.3) is 0 Å². The van der Waals surface area contributed by atoms with E-state index in [2.05, 4.69) is 10.6 Å².